The molecule has 9 heteroatoms. The quantitative estimate of drug-likeness (QED) is 0.407. The molecule has 0 saturated carbocycles. The molecule has 0 saturated heterocycles. The minimum atomic E-state index is -0.389. The molecule has 4 N–H and O–H groups in total. The number of nitrogens with zero attached hydrogens (tertiary/aromatic N) is 1. The number of hydrogen-bond acceptors (Lipinski definition) is 6. The van der Waals surface area contributed by atoms with Gasteiger partial charge in [0.05, 0.1) is 17.9 Å². The highest BCUT2D eigenvalue weighted by Gasteiger charge is 2.27. The largest absolute Gasteiger partial charge is 0.507 e. The molecule has 0 unspecified atom stereocenters. The van der Waals surface area contributed by atoms with E-state index in [1.165, 1.54) is 11.3 Å². The number of ether oxygens (including phenoxy) is 1. The Kier molecular flexibility index (Phi) is 6.57. The predicted molar refractivity (Wildman–Crippen MR) is 124 cm³/mol. The van der Waals surface area contributed by atoms with E-state index < -0.39 is 0 Å². The van der Waals surface area contributed by atoms with Gasteiger partial charge in [0.2, 0.25) is 0 Å². The van der Waals surface area contributed by atoms with Crippen LogP contribution in [0.1, 0.15) is 49.7 Å². The molecule has 3 aromatic rings. The fourth-order valence-corrected chi connectivity index (χ4v) is 5.14. The molecule has 2 amide bonds. The summed E-state index contributed by atoms with van der Waals surface area (Å²) in [4.78, 5) is 27.0. The zero-order valence-electron chi connectivity index (χ0n) is 18.1. The number of rotatable bonds is 7. The number of phenolic OH excluding ortho intramolecular Hbond substituents is 1. The number of carbonyl (C=O) groups is 2. The minimum Gasteiger partial charge on any atom is -0.507 e. The third-order valence-electron chi connectivity index (χ3n) is 5.47. The summed E-state index contributed by atoms with van der Waals surface area (Å²) in [5.74, 6) is -0.490. The van der Waals surface area contributed by atoms with Crippen LogP contribution in [-0.2, 0) is 17.6 Å². The maximum atomic E-state index is 13.0. The molecule has 1 aromatic carbocycles. The molecule has 1 aliphatic carbocycles. The molecule has 0 atom stereocenters. The van der Waals surface area contributed by atoms with Crippen LogP contribution in [0, 0.1) is 6.92 Å². The first kappa shape index (κ1) is 22.0. The highest BCUT2D eigenvalue weighted by atomic mass is 32.1. The van der Waals surface area contributed by atoms with Crippen LogP contribution in [0.25, 0.3) is 11.3 Å². The number of thiophene rings is 1. The standard InChI is InChI=1S/C23H26N4O4S/c1-13-7-8-14(18(28)11-13)16-12-17(27-26-16)21(29)25-23-20(22(30)24-9-10-31-2)15-5-3-4-6-19(15)32-23/h7-8,11-12,28H,3-6,9-10H2,1-2H3,(H,24,30)(H,25,29)(H,26,27). The number of fused-ring (bicyclic) bond motifs is 1. The number of amides is 2. The molecule has 32 heavy (non-hydrogen) atoms. The van der Waals surface area contributed by atoms with Crippen molar-refractivity contribution in [3.63, 3.8) is 0 Å². The summed E-state index contributed by atoms with van der Waals surface area (Å²) in [5, 5.41) is 23.4. The SMILES string of the molecule is COCCNC(=O)c1c(NC(=O)c2cc(-c3ccc(C)cc3O)n[nH]2)sc2c1CCCC2. The van der Waals surface area contributed by atoms with Crippen LogP contribution in [-0.4, -0.2) is 47.4 Å². The highest BCUT2D eigenvalue weighted by Crippen LogP contribution is 2.38. The van der Waals surface area contributed by atoms with Crippen molar-refractivity contribution in [2.75, 3.05) is 25.6 Å². The van der Waals surface area contributed by atoms with Gasteiger partial charge in [-0.25, -0.2) is 0 Å². The lowest BCUT2D eigenvalue weighted by Crippen LogP contribution is -2.28. The number of aromatic amines is 1. The van der Waals surface area contributed by atoms with Gasteiger partial charge in [-0.1, -0.05) is 6.07 Å². The maximum absolute atomic E-state index is 13.0. The van der Waals surface area contributed by atoms with Gasteiger partial charge in [0.1, 0.15) is 16.4 Å². The van der Waals surface area contributed by atoms with E-state index in [9.17, 15) is 14.7 Å². The molecule has 0 bridgehead atoms. The number of aryl methyl sites for hydroxylation is 2. The Morgan fingerprint density at radius 2 is 2.03 bits per heavy atom. The van der Waals surface area contributed by atoms with Crippen LogP contribution in [0.4, 0.5) is 5.00 Å². The second-order valence-electron chi connectivity index (χ2n) is 7.81. The zero-order valence-corrected chi connectivity index (χ0v) is 18.9. The molecule has 1 aliphatic rings. The Morgan fingerprint density at radius 1 is 1.22 bits per heavy atom. The van der Waals surface area contributed by atoms with Gasteiger partial charge in [-0.2, -0.15) is 5.10 Å². The van der Waals surface area contributed by atoms with E-state index >= 15 is 0 Å². The number of H-pyrrole nitrogens is 1. The maximum Gasteiger partial charge on any atom is 0.274 e. The van der Waals surface area contributed by atoms with E-state index in [-0.39, 0.29) is 23.3 Å². The lowest BCUT2D eigenvalue weighted by Gasteiger charge is -2.13. The predicted octanol–water partition coefficient (Wildman–Crippen LogP) is 3.66. The average Bonchev–Trinajstić information content (AvgIpc) is 3.38. The molecule has 0 spiro atoms. The minimum absolute atomic E-state index is 0.101. The lowest BCUT2D eigenvalue weighted by molar-refractivity contribution is 0.0937. The first-order chi connectivity index (χ1) is 15.5. The van der Waals surface area contributed by atoms with Crippen LogP contribution in [0.3, 0.4) is 0 Å². The summed E-state index contributed by atoms with van der Waals surface area (Å²) >= 11 is 1.46. The number of phenols is 1. The Labute approximate surface area is 190 Å². The van der Waals surface area contributed by atoms with Crippen LogP contribution in [0.2, 0.25) is 0 Å². The fourth-order valence-electron chi connectivity index (χ4n) is 3.85. The van der Waals surface area contributed by atoms with Gasteiger partial charge >= 0.3 is 0 Å². The molecule has 0 aliphatic heterocycles. The third kappa shape index (κ3) is 4.53. The molecule has 4 rings (SSSR count). The summed E-state index contributed by atoms with van der Waals surface area (Å²) < 4.78 is 5.02. The molecular formula is C23H26N4O4S. The Bertz CT molecular complexity index is 1150. The Morgan fingerprint density at radius 3 is 2.81 bits per heavy atom. The van der Waals surface area contributed by atoms with Crippen molar-refractivity contribution >= 4 is 28.2 Å². The van der Waals surface area contributed by atoms with Gasteiger partial charge in [-0.05, 0) is 61.9 Å². The van der Waals surface area contributed by atoms with Crippen molar-refractivity contribution in [3.8, 4) is 17.0 Å². The van der Waals surface area contributed by atoms with Crippen LogP contribution in [0.15, 0.2) is 24.3 Å². The topological polar surface area (TPSA) is 116 Å². The Balaban J connectivity index is 1.57. The monoisotopic (exact) mass is 454 g/mol. The van der Waals surface area contributed by atoms with E-state index in [0.29, 0.717) is 35.0 Å². The number of methoxy groups -OCH3 is 1. The van der Waals surface area contributed by atoms with Crippen molar-refractivity contribution in [3.05, 3.63) is 51.5 Å². The number of hydrogen-bond donors (Lipinski definition) is 4. The number of benzene rings is 1. The van der Waals surface area contributed by atoms with Crippen molar-refractivity contribution in [1.82, 2.24) is 15.5 Å². The first-order valence-corrected chi connectivity index (χ1v) is 11.4. The highest BCUT2D eigenvalue weighted by molar-refractivity contribution is 7.17. The normalized spacial score (nSPS) is 12.9. The molecule has 2 heterocycles. The van der Waals surface area contributed by atoms with Crippen molar-refractivity contribution in [2.24, 2.45) is 0 Å². The molecular weight excluding hydrogens is 428 g/mol. The summed E-state index contributed by atoms with van der Waals surface area (Å²) in [6.07, 6.45) is 3.85. The molecule has 8 nitrogen and oxygen atoms in total. The smallest absolute Gasteiger partial charge is 0.274 e. The van der Waals surface area contributed by atoms with Gasteiger partial charge in [-0.15, -0.1) is 11.3 Å². The van der Waals surface area contributed by atoms with Gasteiger partial charge in [0.25, 0.3) is 11.8 Å². The molecule has 0 fully saturated rings. The fraction of sp³-hybridized carbons (Fsp3) is 0.348. The lowest BCUT2D eigenvalue weighted by atomic mass is 9.95. The van der Waals surface area contributed by atoms with Crippen LogP contribution < -0.4 is 10.6 Å². The average molecular weight is 455 g/mol. The third-order valence-corrected chi connectivity index (χ3v) is 6.68. The van der Waals surface area contributed by atoms with Crippen LogP contribution in [0.5, 0.6) is 5.75 Å². The number of nitrogens with one attached hydrogen (secondary N) is 3. The van der Waals surface area contributed by atoms with Gasteiger partial charge < -0.3 is 20.5 Å². The Hall–Kier alpha value is -3.17. The van der Waals surface area contributed by atoms with E-state index in [0.717, 1.165) is 41.7 Å². The van der Waals surface area contributed by atoms with E-state index in [2.05, 4.69) is 20.8 Å². The van der Waals surface area contributed by atoms with Crippen molar-refractivity contribution in [1.29, 1.82) is 0 Å². The van der Waals surface area contributed by atoms with Crippen molar-refractivity contribution < 1.29 is 19.4 Å². The number of aromatic nitrogens is 2. The van der Waals surface area contributed by atoms with Gasteiger partial charge in [0.15, 0.2) is 0 Å². The summed E-state index contributed by atoms with van der Waals surface area (Å²) in [6.45, 7) is 2.70. The summed E-state index contributed by atoms with van der Waals surface area (Å²) in [5.41, 5.74) is 3.76. The van der Waals surface area contributed by atoms with Gasteiger partial charge in [-0.3, -0.25) is 14.7 Å². The van der Waals surface area contributed by atoms with E-state index in [1.807, 2.05) is 13.0 Å². The van der Waals surface area contributed by atoms with Gasteiger partial charge in [0, 0.05) is 24.1 Å². The van der Waals surface area contributed by atoms with Crippen LogP contribution >= 0.6 is 11.3 Å². The number of anilines is 1. The second-order valence-corrected chi connectivity index (χ2v) is 8.91. The van der Waals surface area contributed by atoms with E-state index in [1.54, 1.807) is 25.3 Å². The number of aromatic hydroxyl groups is 1. The van der Waals surface area contributed by atoms with Crippen molar-refractivity contribution in [2.45, 2.75) is 32.6 Å². The first-order valence-electron chi connectivity index (χ1n) is 10.6. The molecule has 0 radical (unpaired) electrons. The molecule has 2 aromatic heterocycles. The number of carbonyl (C=O) groups excluding carboxylic acids is 2. The summed E-state index contributed by atoms with van der Waals surface area (Å²) in [6, 6.07) is 6.87. The molecule has 168 valence electrons. The second kappa shape index (κ2) is 9.54. The van der Waals surface area contributed by atoms with E-state index in [4.69, 9.17) is 4.74 Å². The zero-order chi connectivity index (χ0) is 22.7. The summed E-state index contributed by atoms with van der Waals surface area (Å²) in [7, 11) is 1.58.